The van der Waals surface area contributed by atoms with Gasteiger partial charge in [0.2, 0.25) is 0 Å². The Morgan fingerprint density at radius 2 is 1.79 bits per heavy atom. The van der Waals surface area contributed by atoms with Crippen LogP contribution in [0.4, 0.5) is 4.79 Å². The fraction of sp³-hybridized carbons (Fsp3) is 0.222. The van der Waals surface area contributed by atoms with Gasteiger partial charge >= 0.3 is 6.03 Å². The molecule has 4 nitrogen and oxygen atoms in total. The van der Waals surface area contributed by atoms with E-state index in [1.807, 2.05) is 37.3 Å². The van der Waals surface area contributed by atoms with Crippen LogP contribution in [0, 0.1) is 0 Å². The van der Waals surface area contributed by atoms with Crippen LogP contribution in [0.3, 0.4) is 0 Å². The minimum absolute atomic E-state index is 0.106. The number of amides is 3. The summed E-state index contributed by atoms with van der Waals surface area (Å²) in [7, 11) is 0. The number of urea groups is 1. The fourth-order valence-electron chi connectivity index (χ4n) is 2.95. The van der Waals surface area contributed by atoms with Crippen LogP contribution in [0.1, 0.15) is 24.5 Å². The Balaban J connectivity index is 1.94. The van der Waals surface area contributed by atoms with E-state index in [2.05, 4.69) is 5.32 Å². The number of nitrogens with one attached hydrogen (secondary N) is 1. The zero-order valence-electron chi connectivity index (χ0n) is 13.1. The molecule has 24 heavy (non-hydrogen) atoms. The topological polar surface area (TPSA) is 49.4 Å². The van der Waals surface area contributed by atoms with Gasteiger partial charge in [0.05, 0.1) is 6.54 Å². The summed E-state index contributed by atoms with van der Waals surface area (Å²) in [5.41, 5.74) is 0.414. The molecule has 1 aliphatic heterocycles. The van der Waals surface area contributed by atoms with E-state index in [0.29, 0.717) is 22.0 Å². The van der Waals surface area contributed by atoms with E-state index in [1.54, 1.807) is 18.2 Å². The van der Waals surface area contributed by atoms with Crippen molar-refractivity contribution >= 4 is 35.1 Å². The number of hydrogen-bond acceptors (Lipinski definition) is 2. The number of carbonyl (C=O) groups excluding carboxylic acids is 2. The van der Waals surface area contributed by atoms with Gasteiger partial charge in [0.15, 0.2) is 0 Å². The summed E-state index contributed by atoms with van der Waals surface area (Å²) in [6.45, 7) is 1.99. The molecule has 1 atom stereocenters. The molecule has 0 radical (unpaired) electrons. The Morgan fingerprint density at radius 1 is 1.08 bits per heavy atom. The standard InChI is InChI=1S/C18H16Cl2N2O2/c1-2-18(13-6-4-3-5-7-13)16(23)22(17(24)21-18)11-12-8-9-14(19)10-15(12)20/h3-10H,2,11H2,1H3,(H,21,24)/t18-/m0/s1. The highest BCUT2D eigenvalue weighted by Gasteiger charge is 2.51. The molecular formula is C18H16Cl2N2O2. The lowest BCUT2D eigenvalue weighted by Gasteiger charge is -2.25. The minimum atomic E-state index is -1.03. The van der Waals surface area contributed by atoms with E-state index in [9.17, 15) is 9.59 Å². The Hall–Kier alpha value is -2.04. The zero-order chi connectivity index (χ0) is 17.3. The third kappa shape index (κ3) is 2.76. The van der Waals surface area contributed by atoms with Crippen LogP contribution in [0.2, 0.25) is 10.0 Å². The van der Waals surface area contributed by atoms with Crippen LogP contribution in [0.5, 0.6) is 0 Å². The molecule has 0 aliphatic carbocycles. The third-order valence-electron chi connectivity index (χ3n) is 4.32. The fourth-order valence-corrected chi connectivity index (χ4v) is 3.42. The van der Waals surface area contributed by atoms with E-state index in [0.717, 1.165) is 5.56 Å². The smallest absolute Gasteiger partial charge is 0.319 e. The Kier molecular flexibility index (Phi) is 4.52. The molecule has 1 saturated heterocycles. The average Bonchev–Trinajstić information content (AvgIpc) is 2.83. The molecule has 1 fully saturated rings. The quantitative estimate of drug-likeness (QED) is 0.821. The molecule has 1 heterocycles. The molecule has 0 aromatic heterocycles. The molecule has 3 rings (SSSR count). The number of benzene rings is 2. The predicted octanol–water partition coefficient (Wildman–Crippen LogP) is 4.35. The minimum Gasteiger partial charge on any atom is -0.319 e. The maximum absolute atomic E-state index is 13.0. The van der Waals surface area contributed by atoms with Crippen molar-refractivity contribution < 1.29 is 9.59 Å². The Bertz CT molecular complexity index is 795. The predicted molar refractivity (Wildman–Crippen MR) is 94.0 cm³/mol. The van der Waals surface area contributed by atoms with Crippen LogP contribution in [0.25, 0.3) is 0 Å². The number of halogens is 2. The Labute approximate surface area is 150 Å². The highest BCUT2D eigenvalue weighted by Crippen LogP contribution is 2.34. The van der Waals surface area contributed by atoms with Crippen molar-refractivity contribution in [3.63, 3.8) is 0 Å². The van der Waals surface area contributed by atoms with E-state index in [1.165, 1.54) is 4.90 Å². The maximum atomic E-state index is 13.0. The molecule has 0 bridgehead atoms. The Morgan fingerprint density at radius 3 is 2.42 bits per heavy atom. The summed E-state index contributed by atoms with van der Waals surface area (Å²) in [6, 6.07) is 13.9. The van der Waals surface area contributed by atoms with Crippen molar-refractivity contribution in [2.24, 2.45) is 0 Å². The summed E-state index contributed by atoms with van der Waals surface area (Å²) in [5, 5.41) is 3.79. The maximum Gasteiger partial charge on any atom is 0.325 e. The largest absolute Gasteiger partial charge is 0.325 e. The van der Waals surface area contributed by atoms with Gasteiger partial charge in [-0.05, 0) is 29.7 Å². The van der Waals surface area contributed by atoms with E-state index in [4.69, 9.17) is 23.2 Å². The molecular weight excluding hydrogens is 347 g/mol. The molecule has 0 spiro atoms. The zero-order valence-corrected chi connectivity index (χ0v) is 14.6. The second-order valence-corrected chi connectivity index (χ2v) is 6.53. The van der Waals surface area contributed by atoms with Crippen LogP contribution >= 0.6 is 23.2 Å². The van der Waals surface area contributed by atoms with Crippen molar-refractivity contribution in [3.05, 3.63) is 69.7 Å². The molecule has 124 valence electrons. The van der Waals surface area contributed by atoms with Gasteiger partial charge < -0.3 is 5.32 Å². The van der Waals surface area contributed by atoms with Crippen molar-refractivity contribution in [3.8, 4) is 0 Å². The van der Waals surface area contributed by atoms with E-state index >= 15 is 0 Å². The number of nitrogens with zero attached hydrogens (tertiary/aromatic N) is 1. The first-order valence-electron chi connectivity index (χ1n) is 7.61. The van der Waals surface area contributed by atoms with Crippen molar-refractivity contribution in [1.82, 2.24) is 10.2 Å². The van der Waals surface area contributed by atoms with Gasteiger partial charge in [-0.15, -0.1) is 0 Å². The van der Waals surface area contributed by atoms with Gasteiger partial charge in [-0.3, -0.25) is 9.69 Å². The van der Waals surface area contributed by atoms with Crippen LogP contribution in [-0.2, 0) is 16.9 Å². The van der Waals surface area contributed by atoms with Crippen molar-refractivity contribution in [2.45, 2.75) is 25.4 Å². The molecule has 3 amide bonds. The SMILES string of the molecule is CC[C@@]1(c2ccccc2)NC(=O)N(Cc2ccc(Cl)cc2Cl)C1=O. The second-order valence-electron chi connectivity index (χ2n) is 5.68. The molecule has 0 saturated carbocycles. The van der Waals surface area contributed by atoms with Gasteiger partial charge in [-0.1, -0.05) is 66.5 Å². The van der Waals surface area contributed by atoms with Gasteiger partial charge in [0.1, 0.15) is 5.54 Å². The van der Waals surface area contributed by atoms with Crippen LogP contribution in [0.15, 0.2) is 48.5 Å². The summed E-state index contributed by atoms with van der Waals surface area (Å²) in [6.07, 6.45) is 0.465. The summed E-state index contributed by atoms with van der Waals surface area (Å²) >= 11 is 12.1. The first kappa shape index (κ1) is 16.8. The first-order valence-corrected chi connectivity index (χ1v) is 8.37. The molecule has 1 N–H and O–H groups in total. The van der Waals surface area contributed by atoms with Gasteiger partial charge in [0.25, 0.3) is 5.91 Å². The summed E-state index contributed by atoms with van der Waals surface area (Å²) in [5.74, 6) is -0.271. The lowest BCUT2D eigenvalue weighted by Crippen LogP contribution is -2.43. The van der Waals surface area contributed by atoms with Gasteiger partial charge in [-0.2, -0.15) is 0 Å². The van der Waals surface area contributed by atoms with Crippen molar-refractivity contribution in [1.29, 1.82) is 0 Å². The summed E-state index contributed by atoms with van der Waals surface area (Å²) in [4.78, 5) is 26.7. The lowest BCUT2D eigenvalue weighted by molar-refractivity contribution is -0.132. The first-order chi connectivity index (χ1) is 11.5. The highest BCUT2D eigenvalue weighted by molar-refractivity contribution is 6.35. The van der Waals surface area contributed by atoms with Gasteiger partial charge in [-0.25, -0.2) is 4.79 Å². The van der Waals surface area contributed by atoms with Gasteiger partial charge in [0, 0.05) is 10.0 Å². The molecule has 2 aromatic rings. The lowest BCUT2D eigenvalue weighted by atomic mass is 9.87. The third-order valence-corrected chi connectivity index (χ3v) is 4.90. The van der Waals surface area contributed by atoms with E-state index < -0.39 is 11.6 Å². The normalized spacial score (nSPS) is 20.4. The number of imide groups is 1. The van der Waals surface area contributed by atoms with Crippen LogP contribution < -0.4 is 5.32 Å². The highest BCUT2D eigenvalue weighted by atomic mass is 35.5. The monoisotopic (exact) mass is 362 g/mol. The van der Waals surface area contributed by atoms with Crippen LogP contribution in [-0.4, -0.2) is 16.8 Å². The number of hydrogen-bond donors (Lipinski definition) is 1. The van der Waals surface area contributed by atoms with Crippen molar-refractivity contribution in [2.75, 3.05) is 0 Å². The average molecular weight is 363 g/mol. The molecule has 0 unspecified atom stereocenters. The van der Waals surface area contributed by atoms with E-state index in [-0.39, 0.29) is 12.5 Å². The molecule has 2 aromatic carbocycles. The molecule has 6 heteroatoms. The number of carbonyl (C=O) groups is 2. The summed E-state index contributed by atoms with van der Waals surface area (Å²) < 4.78 is 0. The number of rotatable bonds is 4. The molecule has 1 aliphatic rings. The second kappa shape index (κ2) is 6.46.